The number of likely N-dealkylation sites (N-methyl/N-ethyl adjacent to an activating group) is 1. The first kappa shape index (κ1) is 17.8. The Hall–Kier alpha value is -1.52. The summed E-state index contributed by atoms with van der Waals surface area (Å²) in [5, 5.41) is 9.04. The molecule has 120 valence electrons. The number of hydrogen-bond donors (Lipinski definition) is 1. The number of nitrogens with zero attached hydrogens (tertiary/aromatic N) is 4. The second-order valence-electron chi connectivity index (χ2n) is 5.53. The Morgan fingerprint density at radius 3 is 2.78 bits per heavy atom. The van der Waals surface area contributed by atoms with Gasteiger partial charge in [-0.25, -0.2) is 9.78 Å². The molecule has 3 rings (SSSR count). The van der Waals surface area contributed by atoms with E-state index in [2.05, 4.69) is 21.8 Å². The summed E-state index contributed by atoms with van der Waals surface area (Å²) in [6.45, 7) is 5.85. The van der Waals surface area contributed by atoms with Crippen LogP contribution in [0.15, 0.2) is 24.5 Å². The predicted molar refractivity (Wildman–Crippen MR) is 88.7 cm³/mol. The Bertz CT molecular complexity index is 668. The van der Waals surface area contributed by atoms with Crippen molar-refractivity contribution in [2.24, 2.45) is 0 Å². The quantitative estimate of drug-likeness (QED) is 0.785. The van der Waals surface area contributed by atoms with Crippen LogP contribution in [-0.4, -0.2) is 95.5 Å². The van der Waals surface area contributed by atoms with Crippen LogP contribution in [0.25, 0.3) is 5.65 Å². The minimum atomic E-state index is -0.990. The molecule has 1 aliphatic heterocycles. The molecule has 0 unspecified atom stereocenters. The molecule has 1 aliphatic rings. The molecule has 0 amide bonds. The maximum absolute atomic E-state index is 11.0. The summed E-state index contributed by atoms with van der Waals surface area (Å²) in [6.07, 6.45) is 3.03. The van der Waals surface area contributed by atoms with E-state index in [1.165, 1.54) is 10.6 Å². The van der Waals surface area contributed by atoms with Crippen LogP contribution in [0.3, 0.4) is 0 Å². The number of pyridine rings is 1. The summed E-state index contributed by atoms with van der Waals surface area (Å²) in [7, 11) is 2.14. The van der Waals surface area contributed by atoms with E-state index < -0.39 is 5.97 Å². The third-order valence-electron chi connectivity index (χ3n) is 3.98. The first-order chi connectivity index (χ1) is 10.6. The van der Waals surface area contributed by atoms with Gasteiger partial charge in [-0.3, -0.25) is 9.30 Å². The van der Waals surface area contributed by atoms with Crippen LogP contribution >= 0.6 is 0 Å². The van der Waals surface area contributed by atoms with E-state index in [9.17, 15) is 4.79 Å². The molecular formula is C15H21LiN4O3. The van der Waals surface area contributed by atoms with Crippen LogP contribution in [0.1, 0.15) is 10.5 Å². The number of fused-ring (bicyclic) bond motifs is 1. The first-order valence-corrected chi connectivity index (χ1v) is 7.37. The monoisotopic (exact) mass is 312 g/mol. The van der Waals surface area contributed by atoms with Gasteiger partial charge in [-0.05, 0) is 13.1 Å². The van der Waals surface area contributed by atoms with Crippen molar-refractivity contribution in [2.45, 2.75) is 0 Å². The van der Waals surface area contributed by atoms with Crippen molar-refractivity contribution >= 4 is 30.5 Å². The number of aromatic nitrogens is 2. The molecule has 0 bridgehead atoms. The van der Waals surface area contributed by atoms with Gasteiger partial charge < -0.3 is 14.7 Å². The molecule has 7 nitrogen and oxygen atoms in total. The summed E-state index contributed by atoms with van der Waals surface area (Å²) in [4.78, 5) is 19.8. The van der Waals surface area contributed by atoms with Crippen LogP contribution in [0, 0.1) is 0 Å². The maximum atomic E-state index is 11.0. The molecule has 8 heteroatoms. The fourth-order valence-electron chi connectivity index (χ4n) is 2.57. The van der Waals surface area contributed by atoms with E-state index in [4.69, 9.17) is 9.84 Å². The van der Waals surface area contributed by atoms with Crippen molar-refractivity contribution in [1.82, 2.24) is 19.2 Å². The van der Waals surface area contributed by atoms with Crippen molar-refractivity contribution in [3.63, 3.8) is 0 Å². The van der Waals surface area contributed by atoms with Crippen molar-refractivity contribution in [1.29, 1.82) is 0 Å². The number of carboxylic acid groups (broad SMARTS) is 1. The van der Waals surface area contributed by atoms with Gasteiger partial charge in [0.25, 0.3) is 0 Å². The molecule has 0 spiro atoms. The standard InChI is InChI=1S/C15H20N4O3.Li.H/c1-17-4-6-18(7-5-17)8-9-22-12-2-3-19-13(15(20)21)11-16-14(19)10-12;;/h2-3,10-11H,4-9H2,1H3,(H,20,21);;. The Morgan fingerprint density at radius 2 is 2.09 bits per heavy atom. The van der Waals surface area contributed by atoms with Gasteiger partial charge in [-0.1, -0.05) is 0 Å². The van der Waals surface area contributed by atoms with Crippen molar-refractivity contribution in [3.8, 4) is 5.75 Å². The average molecular weight is 312 g/mol. The number of imidazole rings is 1. The van der Waals surface area contributed by atoms with Gasteiger partial charge in [0.05, 0.1) is 6.20 Å². The normalized spacial score (nSPS) is 16.2. The van der Waals surface area contributed by atoms with E-state index >= 15 is 0 Å². The van der Waals surface area contributed by atoms with Gasteiger partial charge in [0, 0.05) is 45.0 Å². The Labute approximate surface area is 147 Å². The molecule has 0 aromatic carbocycles. The molecule has 1 N–H and O–H groups in total. The van der Waals surface area contributed by atoms with Crippen molar-refractivity contribution in [3.05, 3.63) is 30.2 Å². The van der Waals surface area contributed by atoms with Crippen LogP contribution in [0.2, 0.25) is 0 Å². The average Bonchev–Trinajstić information content (AvgIpc) is 2.92. The van der Waals surface area contributed by atoms with Crippen molar-refractivity contribution < 1.29 is 14.6 Å². The number of aromatic carboxylic acids is 1. The minimum absolute atomic E-state index is 0. The molecule has 23 heavy (non-hydrogen) atoms. The van der Waals surface area contributed by atoms with E-state index in [1.54, 1.807) is 18.3 Å². The molecule has 2 aromatic rings. The van der Waals surface area contributed by atoms with Crippen LogP contribution in [0.5, 0.6) is 5.75 Å². The molecule has 0 aliphatic carbocycles. The predicted octanol–water partition coefficient (Wildman–Crippen LogP) is 0.0102. The molecule has 2 aromatic heterocycles. The topological polar surface area (TPSA) is 70.3 Å². The summed E-state index contributed by atoms with van der Waals surface area (Å²) >= 11 is 0. The SMILES string of the molecule is CN1CCN(CCOc2ccn3c(C(=O)O)cnc3c2)CC1.[LiH]. The molecular weight excluding hydrogens is 291 g/mol. The van der Waals surface area contributed by atoms with Crippen LogP contribution in [-0.2, 0) is 0 Å². The second-order valence-corrected chi connectivity index (χ2v) is 5.53. The number of carbonyl (C=O) groups is 1. The fraction of sp³-hybridized carbons (Fsp3) is 0.467. The third kappa shape index (κ3) is 4.27. The van der Waals surface area contributed by atoms with Gasteiger partial charge in [0.2, 0.25) is 0 Å². The van der Waals surface area contributed by atoms with Crippen LogP contribution in [0.4, 0.5) is 0 Å². The molecule has 0 saturated carbocycles. The zero-order chi connectivity index (χ0) is 15.5. The number of ether oxygens (including phenoxy) is 1. The summed E-state index contributed by atoms with van der Waals surface area (Å²) in [5.41, 5.74) is 0.730. The molecule has 1 fully saturated rings. The molecule has 1 saturated heterocycles. The third-order valence-corrected chi connectivity index (χ3v) is 3.98. The van der Waals surface area contributed by atoms with Gasteiger partial charge in [-0.15, -0.1) is 0 Å². The van der Waals surface area contributed by atoms with Gasteiger partial charge in [0.1, 0.15) is 18.0 Å². The Morgan fingerprint density at radius 1 is 1.35 bits per heavy atom. The number of hydrogen-bond acceptors (Lipinski definition) is 5. The zero-order valence-corrected chi connectivity index (χ0v) is 12.6. The summed E-state index contributed by atoms with van der Waals surface area (Å²) in [6, 6.07) is 3.53. The second kappa shape index (κ2) is 7.84. The summed E-state index contributed by atoms with van der Waals surface area (Å²) in [5.74, 6) is -0.277. The molecule has 3 heterocycles. The molecule has 0 radical (unpaired) electrons. The van der Waals surface area contributed by atoms with Gasteiger partial charge in [0.15, 0.2) is 5.69 Å². The number of carboxylic acids is 1. The van der Waals surface area contributed by atoms with E-state index in [0.717, 1.165) is 32.7 Å². The van der Waals surface area contributed by atoms with E-state index in [1.807, 2.05) is 0 Å². The number of piperazine rings is 1. The van der Waals surface area contributed by atoms with Crippen LogP contribution < -0.4 is 4.74 Å². The molecule has 0 atom stereocenters. The van der Waals surface area contributed by atoms with Crippen molar-refractivity contribution in [2.75, 3.05) is 46.4 Å². The number of rotatable bonds is 5. The fourth-order valence-corrected chi connectivity index (χ4v) is 2.57. The zero-order valence-electron chi connectivity index (χ0n) is 12.6. The van der Waals surface area contributed by atoms with E-state index in [-0.39, 0.29) is 24.6 Å². The van der Waals surface area contributed by atoms with Gasteiger partial charge in [-0.2, -0.15) is 0 Å². The van der Waals surface area contributed by atoms with Gasteiger partial charge >= 0.3 is 24.8 Å². The van der Waals surface area contributed by atoms with E-state index in [0.29, 0.717) is 18.0 Å². The first-order valence-electron chi connectivity index (χ1n) is 7.37. The Balaban J connectivity index is 0.00000192. The Kier molecular flexibility index (Phi) is 6.08. The summed E-state index contributed by atoms with van der Waals surface area (Å²) < 4.78 is 7.29.